The molecule has 0 bridgehead atoms. The summed E-state index contributed by atoms with van der Waals surface area (Å²) in [5.41, 5.74) is 4.89. The van der Waals surface area contributed by atoms with E-state index in [4.69, 9.17) is 46.4 Å². The summed E-state index contributed by atoms with van der Waals surface area (Å²) in [4.78, 5) is 68.7. The van der Waals surface area contributed by atoms with Crippen molar-refractivity contribution < 1.29 is 24.7 Å². The second-order valence-corrected chi connectivity index (χ2v) is 28.3. The molecular formula is C76H94Cl6N6O5. The van der Waals surface area contributed by atoms with Crippen LogP contribution in [-0.4, -0.2) is 150 Å². The number of piperidine rings is 2. The van der Waals surface area contributed by atoms with Crippen LogP contribution in [-0.2, 0) is 31.2 Å². The van der Waals surface area contributed by atoms with Gasteiger partial charge in [0.25, 0.3) is 11.8 Å². The predicted octanol–water partition coefficient (Wildman–Crippen LogP) is 16.0. The van der Waals surface area contributed by atoms with E-state index in [1.807, 2.05) is 97.1 Å². The van der Waals surface area contributed by atoms with E-state index < -0.39 is 10.8 Å². The van der Waals surface area contributed by atoms with Gasteiger partial charge in [-0.25, -0.2) is 0 Å². The van der Waals surface area contributed by atoms with Gasteiger partial charge in [0.15, 0.2) is 0 Å². The molecule has 17 heteroatoms. The fourth-order valence-corrected chi connectivity index (χ4v) is 16.7. The van der Waals surface area contributed by atoms with Crippen LogP contribution in [0, 0.1) is 0 Å². The standard InChI is InChI=1S/2C38H45Cl2N3O2.2ClH.H2O/c2*39-33-17-16-32(28-34(33)40)37(18-7-8-25-43(29-37)35(44)30-12-3-1-4-13-30)19-11-22-41-26-20-38(21-27-41,31-14-5-2-6-15-31)36(45)42-23-9-10-24-42;;;/h2*1-6,12-17,28H,7-11,18-27,29H2;2*1H;1H2. The smallest absolute Gasteiger partial charge is 0.253 e. The van der Waals surface area contributed by atoms with Crippen molar-refractivity contribution in [2.45, 2.75) is 137 Å². The van der Waals surface area contributed by atoms with Gasteiger partial charge in [-0.2, -0.15) is 0 Å². The predicted molar refractivity (Wildman–Crippen MR) is 384 cm³/mol. The molecule has 2 unspecified atom stereocenters. The van der Waals surface area contributed by atoms with Gasteiger partial charge in [0.2, 0.25) is 11.8 Å². The molecule has 6 fully saturated rings. The Hall–Kier alpha value is -5.18. The first-order valence-electron chi connectivity index (χ1n) is 33.5. The molecule has 6 aliphatic heterocycles. The largest absolute Gasteiger partial charge is 0.412 e. The lowest BCUT2D eigenvalue weighted by Gasteiger charge is -2.43. The Balaban J connectivity index is 0.000000231. The molecule has 0 radical (unpaired) electrons. The minimum Gasteiger partial charge on any atom is -0.412 e. The van der Waals surface area contributed by atoms with Crippen molar-refractivity contribution >= 4 is 94.8 Å². The van der Waals surface area contributed by atoms with Crippen LogP contribution >= 0.6 is 71.2 Å². The lowest BCUT2D eigenvalue weighted by Crippen LogP contribution is -2.52. The SMILES string of the molecule is Cl.Cl.O.O=C(c1ccccc1)N1CCCCC(CCCN2CCC(C(=O)N3CCCC3)(c3ccccc3)CC2)(c2ccc(Cl)c(Cl)c2)C1.O=C(c1ccccc1)N1CCCCC(CCCN2CCC(C(=O)N3CCCC3)(c3ccccc3)CC2)(c2ccc(Cl)c(Cl)c2)C1. The molecule has 12 rings (SSSR count). The molecule has 500 valence electrons. The Bertz CT molecular complexity index is 3140. The molecule has 11 nitrogen and oxygen atoms in total. The van der Waals surface area contributed by atoms with E-state index in [9.17, 15) is 19.2 Å². The average Bonchev–Trinajstić information content (AvgIpc) is 1.63. The summed E-state index contributed by atoms with van der Waals surface area (Å²) in [6, 6.07) is 52.3. The highest BCUT2D eigenvalue weighted by Gasteiger charge is 2.48. The van der Waals surface area contributed by atoms with E-state index >= 15 is 0 Å². The third-order valence-corrected chi connectivity index (χ3v) is 22.7. The minimum absolute atomic E-state index is 0. The number of halogens is 6. The number of carbonyl (C=O) groups excluding carboxylic acids is 4. The highest BCUT2D eigenvalue weighted by atomic mass is 35.5. The lowest BCUT2D eigenvalue weighted by atomic mass is 9.71. The summed E-state index contributed by atoms with van der Waals surface area (Å²) in [6.07, 6.45) is 17.9. The quantitative estimate of drug-likeness (QED) is 0.0952. The summed E-state index contributed by atoms with van der Waals surface area (Å²) in [6.45, 7) is 12.0. The van der Waals surface area contributed by atoms with Crippen molar-refractivity contribution in [1.29, 1.82) is 0 Å². The number of likely N-dealkylation sites (tertiary alicyclic amines) is 6. The third-order valence-electron chi connectivity index (χ3n) is 21.3. The Morgan fingerprint density at radius 2 is 0.656 bits per heavy atom. The first-order valence-corrected chi connectivity index (χ1v) is 35.1. The van der Waals surface area contributed by atoms with Gasteiger partial charge in [0, 0.05) is 74.3 Å². The number of carbonyl (C=O) groups is 4. The van der Waals surface area contributed by atoms with E-state index in [0.29, 0.717) is 45.0 Å². The number of hydrogen-bond donors (Lipinski definition) is 0. The molecule has 0 spiro atoms. The third kappa shape index (κ3) is 17.2. The molecule has 2 N–H and O–H groups in total. The van der Waals surface area contributed by atoms with Crippen molar-refractivity contribution in [3.63, 3.8) is 0 Å². The van der Waals surface area contributed by atoms with E-state index in [2.05, 4.69) is 90.1 Å². The molecular weight excluding hydrogens is 1290 g/mol. The Kier molecular flexibility index (Phi) is 27.0. The molecule has 4 amide bonds. The van der Waals surface area contributed by atoms with Crippen molar-refractivity contribution in [3.05, 3.63) is 211 Å². The Morgan fingerprint density at radius 1 is 0.344 bits per heavy atom. The summed E-state index contributed by atoms with van der Waals surface area (Å²) in [5.74, 6) is 0.841. The maximum atomic E-state index is 14.0. The second-order valence-electron chi connectivity index (χ2n) is 26.7. The van der Waals surface area contributed by atoms with Gasteiger partial charge in [-0.15, -0.1) is 24.8 Å². The number of nitrogens with zero attached hydrogens (tertiary/aromatic N) is 6. The molecule has 6 aliphatic rings. The fraction of sp³-hybridized carbons (Fsp3) is 0.474. The van der Waals surface area contributed by atoms with Crippen LogP contribution in [0.3, 0.4) is 0 Å². The highest BCUT2D eigenvalue weighted by molar-refractivity contribution is 6.42. The van der Waals surface area contributed by atoms with Crippen molar-refractivity contribution in [3.8, 4) is 0 Å². The first-order chi connectivity index (χ1) is 43.8. The van der Waals surface area contributed by atoms with Crippen LogP contribution < -0.4 is 0 Å². The number of amides is 4. The Labute approximate surface area is 584 Å². The molecule has 0 saturated carbocycles. The van der Waals surface area contributed by atoms with Crippen molar-refractivity contribution in [1.82, 2.24) is 29.4 Å². The molecule has 2 atom stereocenters. The van der Waals surface area contributed by atoms with E-state index in [1.165, 1.54) is 22.3 Å². The van der Waals surface area contributed by atoms with Gasteiger partial charge < -0.3 is 34.9 Å². The summed E-state index contributed by atoms with van der Waals surface area (Å²) >= 11 is 25.9. The number of benzene rings is 6. The highest BCUT2D eigenvalue weighted by Crippen LogP contribution is 2.45. The molecule has 6 heterocycles. The monoisotopic (exact) mass is 1380 g/mol. The van der Waals surface area contributed by atoms with Crippen LogP contribution in [0.5, 0.6) is 0 Å². The van der Waals surface area contributed by atoms with Crippen LogP contribution in [0.1, 0.15) is 159 Å². The molecule has 6 aromatic carbocycles. The molecule has 6 saturated heterocycles. The van der Waals surface area contributed by atoms with Gasteiger partial charge in [-0.1, -0.05) is 168 Å². The first kappa shape index (κ1) is 73.6. The van der Waals surface area contributed by atoms with E-state index in [-0.39, 0.29) is 52.9 Å². The minimum atomic E-state index is -0.428. The van der Waals surface area contributed by atoms with Gasteiger partial charge in [0.1, 0.15) is 0 Å². The van der Waals surface area contributed by atoms with E-state index in [0.717, 1.165) is 205 Å². The van der Waals surface area contributed by atoms with Gasteiger partial charge in [0.05, 0.1) is 30.9 Å². The Morgan fingerprint density at radius 3 is 0.989 bits per heavy atom. The topological polar surface area (TPSA) is 119 Å². The maximum absolute atomic E-state index is 14.0. The lowest BCUT2D eigenvalue weighted by molar-refractivity contribution is -0.139. The normalized spacial score (nSPS) is 21.5. The zero-order valence-electron chi connectivity index (χ0n) is 53.8. The average molecular weight is 1380 g/mol. The van der Waals surface area contributed by atoms with Crippen molar-refractivity contribution in [2.24, 2.45) is 0 Å². The van der Waals surface area contributed by atoms with Gasteiger partial charge in [-0.3, -0.25) is 19.2 Å². The van der Waals surface area contributed by atoms with Gasteiger partial charge in [-0.05, 0) is 213 Å². The maximum Gasteiger partial charge on any atom is 0.253 e. The summed E-state index contributed by atoms with van der Waals surface area (Å²) < 4.78 is 0. The molecule has 93 heavy (non-hydrogen) atoms. The molecule has 6 aromatic rings. The van der Waals surface area contributed by atoms with Crippen LogP contribution in [0.25, 0.3) is 0 Å². The van der Waals surface area contributed by atoms with E-state index in [1.54, 1.807) is 0 Å². The number of rotatable bonds is 16. The summed E-state index contributed by atoms with van der Waals surface area (Å²) in [7, 11) is 0. The zero-order valence-corrected chi connectivity index (χ0v) is 58.4. The fourth-order valence-electron chi connectivity index (χ4n) is 16.1. The molecule has 0 aromatic heterocycles. The second kappa shape index (κ2) is 34.2. The molecule has 0 aliphatic carbocycles. The van der Waals surface area contributed by atoms with Gasteiger partial charge >= 0.3 is 0 Å². The number of hydrogen-bond acceptors (Lipinski definition) is 6. The van der Waals surface area contributed by atoms with Crippen LogP contribution in [0.4, 0.5) is 0 Å². The zero-order chi connectivity index (χ0) is 62.6. The van der Waals surface area contributed by atoms with Crippen LogP contribution in [0.15, 0.2) is 158 Å². The van der Waals surface area contributed by atoms with Crippen LogP contribution in [0.2, 0.25) is 20.1 Å². The van der Waals surface area contributed by atoms with Crippen molar-refractivity contribution in [2.75, 3.05) is 91.6 Å². The summed E-state index contributed by atoms with van der Waals surface area (Å²) in [5, 5.41) is 2.24.